The Kier molecular flexibility index (Phi) is 5.57. The molecule has 5 rings (SSSR count). The molecule has 0 saturated carbocycles. The number of furan rings is 1. The Balaban J connectivity index is 1.40. The van der Waals surface area contributed by atoms with Crippen LogP contribution in [0.2, 0.25) is 0 Å². The number of aliphatic hydroxyl groups excluding tert-OH is 1. The summed E-state index contributed by atoms with van der Waals surface area (Å²) in [5.74, 6) is 1.24. The van der Waals surface area contributed by atoms with E-state index < -0.39 is 6.04 Å². The number of ether oxygens (including phenoxy) is 1. The number of carbonyl (C=O) groups excluding carboxylic acids is 1. The number of aryl methyl sites for hydroxylation is 2. The van der Waals surface area contributed by atoms with E-state index in [4.69, 9.17) is 9.15 Å². The first-order valence-electron chi connectivity index (χ1n) is 10.5. The first-order valence-corrected chi connectivity index (χ1v) is 11.3. The van der Waals surface area contributed by atoms with Crippen LogP contribution in [0.25, 0.3) is 22.0 Å². The molecule has 5 aromatic rings. The third kappa shape index (κ3) is 4.20. The lowest BCUT2D eigenvalue weighted by molar-refractivity contribution is 0.0913. The Morgan fingerprint density at radius 2 is 2.12 bits per heavy atom. The number of H-pyrrole nitrogens is 1. The molecular weight excluding hydrogens is 440 g/mol. The van der Waals surface area contributed by atoms with Crippen LogP contribution in [0.3, 0.4) is 0 Å². The number of imidazole rings is 1. The first-order chi connectivity index (χ1) is 16.0. The minimum absolute atomic E-state index is 0.303. The molecule has 0 fully saturated rings. The highest BCUT2D eigenvalue weighted by Crippen LogP contribution is 2.30. The number of thiazole rings is 1. The molecule has 8 nitrogen and oxygen atoms in total. The monoisotopic (exact) mass is 462 g/mol. The number of fused-ring (bicyclic) bond motifs is 2. The zero-order valence-electron chi connectivity index (χ0n) is 18.1. The molecule has 0 unspecified atom stereocenters. The van der Waals surface area contributed by atoms with E-state index in [1.807, 2.05) is 37.3 Å². The maximum Gasteiger partial charge on any atom is 0.256 e. The molecule has 3 aromatic heterocycles. The first kappa shape index (κ1) is 21.2. The molecule has 2 aromatic carbocycles. The SMILES string of the molecule is Cc1ncc(COc2ccc3oc(C)c(C(=O)N[C@@H](CO)c4nc5ccccc5[nH]4)c3c2)s1. The fraction of sp³-hybridized carbons (Fsp3) is 0.208. The van der Waals surface area contributed by atoms with Crippen molar-refractivity contribution in [2.24, 2.45) is 0 Å². The Labute approximate surface area is 193 Å². The van der Waals surface area contributed by atoms with Crippen LogP contribution >= 0.6 is 11.3 Å². The lowest BCUT2D eigenvalue weighted by atomic mass is 10.1. The van der Waals surface area contributed by atoms with E-state index >= 15 is 0 Å². The van der Waals surface area contributed by atoms with Crippen LogP contribution in [0.15, 0.2) is 53.1 Å². The van der Waals surface area contributed by atoms with Gasteiger partial charge in [-0.1, -0.05) is 12.1 Å². The predicted octanol–water partition coefficient (Wildman–Crippen LogP) is 4.42. The summed E-state index contributed by atoms with van der Waals surface area (Å²) in [7, 11) is 0. The third-order valence-corrected chi connectivity index (χ3v) is 6.22. The van der Waals surface area contributed by atoms with Crippen molar-refractivity contribution in [1.82, 2.24) is 20.3 Å². The molecule has 0 aliphatic heterocycles. The maximum absolute atomic E-state index is 13.2. The van der Waals surface area contributed by atoms with E-state index in [0.29, 0.717) is 40.5 Å². The fourth-order valence-corrected chi connectivity index (χ4v) is 4.47. The van der Waals surface area contributed by atoms with E-state index in [-0.39, 0.29) is 12.5 Å². The second-order valence-electron chi connectivity index (χ2n) is 7.67. The van der Waals surface area contributed by atoms with E-state index in [2.05, 4.69) is 20.3 Å². The summed E-state index contributed by atoms with van der Waals surface area (Å²) in [5.41, 5.74) is 2.59. The van der Waals surface area contributed by atoms with Gasteiger partial charge in [-0.2, -0.15) is 0 Å². The van der Waals surface area contributed by atoms with Gasteiger partial charge in [-0.15, -0.1) is 11.3 Å². The van der Waals surface area contributed by atoms with Crippen molar-refractivity contribution in [1.29, 1.82) is 0 Å². The summed E-state index contributed by atoms with van der Waals surface area (Å²) in [6.07, 6.45) is 1.80. The van der Waals surface area contributed by atoms with Crippen molar-refractivity contribution >= 4 is 39.2 Å². The fourth-order valence-electron chi connectivity index (χ4n) is 3.77. The van der Waals surface area contributed by atoms with Gasteiger partial charge in [0.15, 0.2) is 0 Å². The van der Waals surface area contributed by atoms with Crippen LogP contribution < -0.4 is 10.1 Å². The lowest BCUT2D eigenvalue weighted by Crippen LogP contribution is -2.31. The van der Waals surface area contributed by atoms with Crippen LogP contribution in [0.4, 0.5) is 0 Å². The Hall–Kier alpha value is -3.69. The second kappa shape index (κ2) is 8.68. The van der Waals surface area contributed by atoms with Gasteiger partial charge in [0.2, 0.25) is 0 Å². The molecule has 168 valence electrons. The number of aromatic nitrogens is 3. The standard InChI is InChI=1S/C24H22N4O4S/c1-13-22(24(30)28-20(11-29)23-26-18-5-3-4-6-19(18)27-23)17-9-15(7-8-21(17)32-13)31-12-16-10-25-14(2)33-16/h3-10,20,29H,11-12H2,1-2H3,(H,26,27)(H,28,30)/t20-/m0/s1. The van der Waals surface area contributed by atoms with Gasteiger partial charge in [0, 0.05) is 11.6 Å². The van der Waals surface area contributed by atoms with Crippen LogP contribution in [0.5, 0.6) is 5.75 Å². The van der Waals surface area contributed by atoms with E-state index in [1.165, 1.54) is 0 Å². The summed E-state index contributed by atoms with van der Waals surface area (Å²) in [4.78, 5) is 26.1. The summed E-state index contributed by atoms with van der Waals surface area (Å²) < 4.78 is 11.7. The lowest BCUT2D eigenvalue weighted by Gasteiger charge is -2.14. The largest absolute Gasteiger partial charge is 0.488 e. The quantitative estimate of drug-likeness (QED) is 0.330. The number of nitrogens with one attached hydrogen (secondary N) is 2. The topological polar surface area (TPSA) is 113 Å². The summed E-state index contributed by atoms with van der Waals surface area (Å²) in [6, 6.07) is 12.2. The molecule has 1 amide bonds. The summed E-state index contributed by atoms with van der Waals surface area (Å²) in [5, 5.41) is 14.4. The van der Waals surface area contributed by atoms with Gasteiger partial charge in [-0.05, 0) is 44.2 Å². The summed E-state index contributed by atoms with van der Waals surface area (Å²) in [6.45, 7) is 3.78. The van der Waals surface area contributed by atoms with Crippen molar-refractivity contribution in [3.05, 3.63) is 75.7 Å². The van der Waals surface area contributed by atoms with E-state index in [9.17, 15) is 9.90 Å². The van der Waals surface area contributed by atoms with Gasteiger partial charge in [0.25, 0.3) is 5.91 Å². The average molecular weight is 463 g/mol. The number of hydrogen-bond donors (Lipinski definition) is 3. The molecule has 0 spiro atoms. The van der Waals surface area contributed by atoms with Gasteiger partial charge in [-0.3, -0.25) is 4.79 Å². The molecular formula is C24H22N4O4S. The van der Waals surface area contributed by atoms with Crippen LogP contribution in [0.1, 0.15) is 37.9 Å². The van der Waals surface area contributed by atoms with Gasteiger partial charge < -0.3 is 24.6 Å². The van der Waals surface area contributed by atoms with Gasteiger partial charge in [0.1, 0.15) is 35.6 Å². The Morgan fingerprint density at radius 3 is 2.88 bits per heavy atom. The molecule has 0 aliphatic rings. The highest BCUT2D eigenvalue weighted by molar-refractivity contribution is 7.11. The van der Waals surface area contributed by atoms with Crippen LogP contribution in [-0.4, -0.2) is 32.6 Å². The zero-order chi connectivity index (χ0) is 22.9. The van der Waals surface area contributed by atoms with E-state index in [0.717, 1.165) is 20.9 Å². The molecule has 9 heteroatoms. The van der Waals surface area contributed by atoms with Crippen molar-refractivity contribution in [3.63, 3.8) is 0 Å². The number of nitrogens with zero attached hydrogens (tertiary/aromatic N) is 2. The number of rotatable bonds is 7. The molecule has 3 N–H and O–H groups in total. The molecule has 0 radical (unpaired) electrons. The summed E-state index contributed by atoms with van der Waals surface area (Å²) >= 11 is 1.58. The van der Waals surface area contributed by atoms with E-state index in [1.54, 1.807) is 36.6 Å². The van der Waals surface area contributed by atoms with Crippen molar-refractivity contribution in [3.8, 4) is 5.75 Å². The number of benzene rings is 2. The average Bonchev–Trinajstić information content (AvgIpc) is 3.51. The number of aliphatic hydroxyl groups is 1. The smallest absolute Gasteiger partial charge is 0.256 e. The molecule has 3 heterocycles. The Morgan fingerprint density at radius 1 is 1.27 bits per heavy atom. The minimum Gasteiger partial charge on any atom is -0.488 e. The number of amides is 1. The normalized spacial score (nSPS) is 12.3. The van der Waals surface area contributed by atoms with Gasteiger partial charge >= 0.3 is 0 Å². The predicted molar refractivity (Wildman–Crippen MR) is 126 cm³/mol. The third-order valence-electron chi connectivity index (χ3n) is 5.34. The maximum atomic E-state index is 13.2. The number of hydrogen-bond acceptors (Lipinski definition) is 7. The Bertz CT molecular complexity index is 1420. The highest BCUT2D eigenvalue weighted by Gasteiger charge is 2.23. The van der Waals surface area contributed by atoms with Crippen LogP contribution in [0, 0.1) is 13.8 Å². The minimum atomic E-state index is -0.691. The van der Waals surface area contributed by atoms with Crippen molar-refractivity contribution in [2.75, 3.05) is 6.61 Å². The number of carbonyl (C=O) groups is 1. The second-order valence-corrected chi connectivity index (χ2v) is 8.99. The zero-order valence-corrected chi connectivity index (χ0v) is 18.9. The number of para-hydroxylation sites is 2. The molecule has 0 bridgehead atoms. The number of aromatic amines is 1. The molecule has 0 aliphatic carbocycles. The molecule has 33 heavy (non-hydrogen) atoms. The highest BCUT2D eigenvalue weighted by atomic mass is 32.1. The molecule has 0 saturated heterocycles. The van der Waals surface area contributed by atoms with Crippen molar-refractivity contribution < 1.29 is 19.1 Å². The van der Waals surface area contributed by atoms with Crippen molar-refractivity contribution in [2.45, 2.75) is 26.5 Å². The van der Waals surface area contributed by atoms with Gasteiger partial charge in [-0.25, -0.2) is 9.97 Å². The van der Waals surface area contributed by atoms with Crippen LogP contribution in [-0.2, 0) is 6.61 Å². The van der Waals surface area contributed by atoms with Gasteiger partial charge in [0.05, 0.1) is 33.1 Å². The molecule has 1 atom stereocenters.